The summed E-state index contributed by atoms with van der Waals surface area (Å²) in [5, 5.41) is 0. The Hall–Kier alpha value is -2.09. The number of rotatable bonds is 2. The van der Waals surface area contributed by atoms with Crippen LogP contribution < -0.4 is 4.57 Å². The van der Waals surface area contributed by atoms with E-state index in [9.17, 15) is 0 Å². The number of hydrogen-bond acceptors (Lipinski definition) is 0. The molecule has 0 radical (unpaired) electrons. The van der Waals surface area contributed by atoms with Gasteiger partial charge in [0.2, 0.25) is 6.33 Å². The second kappa shape index (κ2) is 4.30. The molecule has 0 N–H and O–H groups in total. The van der Waals surface area contributed by atoms with E-state index in [-0.39, 0.29) is 0 Å². The molecule has 0 bridgehead atoms. The van der Waals surface area contributed by atoms with E-state index in [0.29, 0.717) is 0 Å². The van der Waals surface area contributed by atoms with Crippen molar-refractivity contribution in [3.63, 3.8) is 0 Å². The minimum atomic E-state index is 0.918. The largest absolute Gasteiger partial charge is 0.244 e. The highest BCUT2D eigenvalue weighted by Crippen LogP contribution is 2.13. The molecule has 2 aromatic carbocycles. The molecule has 2 nitrogen and oxygen atoms in total. The lowest BCUT2D eigenvalue weighted by molar-refractivity contribution is -0.645. The van der Waals surface area contributed by atoms with Crippen molar-refractivity contribution in [1.29, 1.82) is 0 Å². The number of hydrogen-bond donors (Lipinski definition) is 0. The molecule has 0 fully saturated rings. The summed E-state index contributed by atoms with van der Waals surface area (Å²) in [6.45, 7) is 3.04. The molecule has 2 heteroatoms. The molecule has 0 spiro atoms. The van der Waals surface area contributed by atoms with Gasteiger partial charge in [0.05, 0.1) is 7.05 Å². The summed E-state index contributed by atoms with van der Waals surface area (Å²) in [5.74, 6) is 0. The minimum Gasteiger partial charge on any atom is -0.233 e. The molecule has 1 aromatic heterocycles. The molecule has 0 aliphatic carbocycles. The Balaban J connectivity index is 2.02. The first kappa shape index (κ1) is 11.0. The van der Waals surface area contributed by atoms with Crippen LogP contribution in [0.15, 0.2) is 54.9 Å². The van der Waals surface area contributed by atoms with Crippen LogP contribution in [0.1, 0.15) is 11.1 Å². The average molecular weight is 237 g/mol. The van der Waals surface area contributed by atoms with Gasteiger partial charge < -0.3 is 0 Å². The number of imidazole rings is 1. The molecule has 0 aliphatic rings. The van der Waals surface area contributed by atoms with Gasteiger partial charge in [-0.25, -0.2) is 9.13 Å². The van der Waals surface area contributed by atoms with Crippen LogP contribution >= 0.6 is 0 Å². The van der Waals surface area contributed by atoms with E-state index in [4.69, 9.17) is 0 Å². The molecule has 0 saturated heterocycles. The van der Waals surface area contributed by atoms with Crippen molar-refractivity contribution in [2.75, 3.05) is 0 Å². The average Bonchev–Trinajstić information content (AvgIpc) is 2.70. The van der Waals surface area contributed by atoms with Crippen LogP contribution in [-0.4, -0.2) is 4.57 Å². The van der Waals surface area contributed by atoms with Crippen molar-refractivity contribution in [1.82, 2.24) is 4.57 Å². The van der Waals surface area contributed by atoms with Crippen LogP contribution in [0.5, 0.6) is 0 Å². The van der Waals surface area contributed by atoms with Gasteiger partial charge in [-0.15, -0.1) is 0 Å². The highest BCUT2D eigenvalue weighted by atomic mass is 15.1. The second-order valence-corrected chi connectivity index (χ2v) is 4.83. The molecular formula is C16H17N2+. The van der Waals surface area contributed by atoms with Gasteiger partial charge in [0.25, 0.3) is 0 Å². The maximum Gasteiger partial charge on any atom is 0.244 e. The van der Waals surface area contributed by atoms with Crippen LogP contribution in [0, 0.1) is 6.92 Å². The number of fused-ring (bicyclic) bond motifs is 1. The van der Waals surface area contributed by atoms with Gasteiger partial charge >= 0.3 is 0 Å². The number of aromatic nitrogens is 2. The molecule has 3 rings (SSSR count). The zero-order valence-corrected chi connectivity index (χ0v) is 10.8. The summed E-state index contributed by atoms with van der Waals surface area (Å²) < 4.78 is 4.46. The van der Waals surface area contributed by atoms with Crippen LogP contribution in [-0.2, 0) is 13.6 Å². The molecule has 1 heterocycles. The van der Waals surface area contributed by atoms with Gasteiger partial charge in [-0.3, -0.25) is 0 Å². The van der Waals surface area contributed by atoms with E-state index in [2.05, 4.69) is 78.0 Å². The topological polar surface area (TPSA) is 8.81 Å². The highest BCUT2D eigenvalue weighted by molar-refractivity contribution is 5.71. The molecule has 0 saturated carbocycles. The summed E-state index contributed by atoms with van der Waals surface area (Å²) in [6.07, 6.45) is 2.16. The highest BCUT2D eigenvalue weighted by Gasteiger charge is 2.12. The van der Waals surface area contributed by atoms with Crippen molar-refractivity contribution in [3.8, 4) is 0 Å². The van der Waals surface area contributed by atoms with E-state index in [0.717, 1.165) is 6.54 Å². The smallest absolute Gasteiger partial charge is 0.233 e. The maximum atomic E-state index is 2.29. The van der Waals surface area contributed by atoms with Gasteiger partial charge in [-0.1, -0.05) is 42.0 Å². The van der Waals surface area contributed by atoms with Crippen LogP contribution in [0.25, 0.3) is 11.0 Å². The van der Waals surface area contributed by atoms with Gasteiger partial charge in [0.15, 0.2) is 11.0 Å². The van der Waals surface area contributed by atoms with Crippen LogP contribution in [0.4, 0.5) is 0 Å². The number of benzene rings is 2. The third kappa shape index (κ3) is 1.90. The third-order valence-electron chi connectivity index (χ3n) is 3.36. The van der Waals surface area contributed by atoms with E-state index < -0.39 is 0 Å². The van der Waals surface area contributed by atoms with E-state index in [1.54, 1.807) is 0 Å². The zero-order valence-electron chi connectivity index (χ0n) is 10.8. The standard InChI is InChI=1S/C16H17N2/c1-13-7-9-14(10-8-13)11-18-12-17(2)15-5-3-4-6-16(15)18/h3-10,12H,11H2,1-2H3/q+1. The summed E-state index contributed by atoms with van der Waals surface area (Å²) in [5.41, 5.74) is 5.19. The first-order valence-corrected chi connectivity index (χ1v) is 6.23. The van der Waals surface area contributed by atoms with Gasteiger partial charge in [-0.2, -0.15) is 0 Å². The molecule has 18 heavy (non-hydrogen) atoms. The summed E-state index contributed by atoms with van der Waals surface area (Å²) in [6, 6.07) is 17.2. The summed E-state index contributed by atoms with van der Waals surface area (Å²) in [4.78, 5) is 0. The predicted molar refractivity (Wildman–Crippen MR) is 73.4 cm³/mol. The molecule has 3 aromatic rings. The molecule has 0 unspecified atom stereocenters. The Morgan fingerprint density at radius 2 is 1.72 bits per heavy atom. The minimum absolute atomic E-state index is 0.918. The van der Waals surface area contributed by atoms with Gasteiger partial charge in [-0.05, 0) is 24.6 Å². The van der Waals surface area contributed by atoms with Crippen molar-refractivity contribution in [2.24, 2.45) is 7.05 Å². The van der Waals surface area contributed by atoms with Gasteiger partial charge in [0, 0.05) is 0 Å². The van der Waals surface area contributed by atoms with E-state index >= 15 is 0 Å². The Bertz CT molecular complexity index is 678. The first-order chi connectivity index (χ1) is 8.74. The van der Waals surface area contributed by atoms with Crippen molar-refractivity contribution < 1.29 is 4.57 Å². The molecule has 0 amide bonds. The number of aryl methyl sites for hydroxylation is 2. The SMILES string of the molecule is Cc1ccc(Cn2c[n+](C)c3ccccc32)cc1. The second-order valence-electron chi connectivity index (χ2n) is 4.83. The summed E-state index contributed by atoms with van der Waals surface area (Å²) in [7, 11) is 2.09. The Morgan fingerprint density at radius 1 is 1.00 bits per heavy atom. The lowest BCUT2D eigenvalue weighted by atomic mass is 10.1. The van der Waals surface area contributed by atoms with Crippen LogP contribution in [0.2, 0.25) is 0 Å². The molecular weight excluding hydrogens is 220 g/mol. The molecule has 90 valence electrons. The number of para-hydroxylation sites is 2. The van der Waals surface area contributed by atoms with Crippen LogP contribution in [0.3, 0.4) is 0 Å². The third-order valence-corrected chi connectivity index (χ3v) is 3.36. The Kier molecular flexibility index (Phi) is 2.63. The van der Waals surface area contributed by atoms with E-state index in [1.165, 1.54) is 22.2 Å². The fraction of sp³-hybridized carbons (Fsp3) is 0.188. The Morgan fingerprint density at radius 3 is 2.50 bits per heavy atom. The normalized spacial score (nSPS) is 11.0. The Labute approximate surface area is 107 Å². The van der Waals surface area contributed by atoms with Crippen molar-refractivity contribution in [2.45, 2.75) is 13.5 Å². The fourth-order valence-corrected chi connectivity index (χ4v) is 2.35. The molecule has 0 aliphatic heterocycles. The fourth-order valence-electron chi connectivity index (χ4n) is 2.35. The quantitative estimate of drug-likeness (QED) is 0.606. The van der Waals surface area contributed by atoms with Gasteiger partial charge in [0.1, 0.15) is 6.54 Å². The van der Waals surface area contributed by atoms with E-state index in [1.807, 2.05) is 0 Å². The first-order valence-electron chi connectivity index (χ1n) is 6.23. The lowest BCUT2D eigenvalue weighted by Gasteiger charge is -1.99. The zero-order chi connectivity index (χ0) is 12.5. The monoisotopic (exact) mass is 237 g/mol. The van der Waals surface area contributed by atoms with Crippen molar-refractivity contribution in [3.05, 3.63) is 66.0 Å². The molecule has 0 atom stereocenters. The number of nitrogens with zero attached hydrogens (tertiary/aromatic N) is 2. The summed E-state index contributed by atoms with van der Waals surface area (Å²) >= 11 is 0. The lowest BCUT2D eigenvalue weighted by Crippen LogP contribution is -2.25. The maximum absolute atomic E-state index is 2.29. The van der Waals surface area contributed by atoms with Crippen molar-refractivity contribution >= 4 is 11.0 Å². The predicted octanol–water partition coefficient (Wildman–Crippen LogP) is 2.82.